The molecule has 0 spiro atoms. The first-order chi connectivity index (χ1) is 14.3. The number of imidazole rings is 1. The van der Waals surface area contributed by atoms with Gasteiger partial charge in [0.15, 0.2) is 11.5 Å². The quantitative estimate of drug-likeness (QED) is 0.355. The van der Waals surface area contributed by atoms with Crippen LogP contribution in [0.25, 0.3) is 22.4 Å². The summed E-state index contributed by atoms with van der Waals surface area (Å²) in [7, 11) is 1.67. The van der Waals surface area contributed by atoms with Crippen LogP contribution in [0.1, 0.15) is 18.4 Å². The van der Waals surface area contributed by atoms with Crippen molar-refractivity contribution in [2.45, 2.75) is 26.3 Å². The molecule has 0 saturated carbocycles. The minimum absolute atomic E-state index is 0.660. The second-order valence-corrected chi connectivity index (χ2v) is 7.15. The minimum atomic E-state index is 0.660. The van der Waals surface area contributed by atoms with Crippen molar-refractivity contribution in [2.24, 2.45) is 0 Å². The highest BCUT2D eigenvalue weighted by molar-refractivity contribution is 5.80. The normalized spacial score (nSPS) is 11.0. The van der Waals surface area contributed by atoms with E-state index in [9.17, 15) is 0 Å². The first-order valence-corrected chi connectivity index (χ1v) is 10.0. The Balaban J connectivity index is 1.47. The van der Waals surface area contributed by atoms with Gasteiger partial charge in [0.1, 0.15) is 5.82 Å². The van der Waals surface area contributed by atoms with E-state index in [1.54, 1.807) is 7.11 Å². The van der Waals surface area contributed by atoms with E-state index < -0.39 is 0 Å². The van der Waals surface area contributed by atoms with E-state index in [2.05, 4.69) is 54.0 Å². The zero-order chi connectivity index (χ0) is 20.1. The molecule has 4 rings (SSSR count). The number of rotatable bonds is 8. The van der Waals surface area contributed by atoms with Crippen LogP contribution < -0.4 is 9.47 Å². The minimum Gasteiger partial charge on any atom is -0.493 e. The monoisotopic (exact) mass is 386 g/mol. The Morgan fingerprint density at radius 3 is 2.48 bits per heavy atom. The highest BCUT2D eigenvalue weighted by atomic mass is 16.5. The smallest absolute Gasteiger partial charge is 0.161 e. The number of benzene rings is 3. The molecule has 148 valence electrons. The van der Waals surface area contributed by atoms with Crippen LogP contribution in [-0.4, -0.2) is 23.3 Å². The third-order valence-corrected chi connectivity index (χ3v) is 5.03. The lowest BCUT2D eigenvalue weighted by Crippen LogP contribution is -2.04. The standard InChI is InChI=1S/C25H26N2O2/c1-19-10-9-11-20(18-19)25-26-21-12-3-4-13-22(21)27(25)16-7-8-17-29-24-15-6-5-14-23(24)28-2/h3-6,9-15,18H,7-8,16-17H2,1-2H3. The molecule has 0 unspecified atom stereocenters. The third-order valence-electron chi connectivity index (χ3n) is 5.03. The zero-order valence-corrected chi connectivity index (χ0v) is 17.0. The summed E-state index contributed by atoms with van der Waals surface area (Å²) in [5.41, 5.74) is 4.61. The molecule has 1 aromatic heterocycles. The van der Waals surface area contributed by atoms with Crippen molar-refractivity contribution >= 4 is 11.0 Å². The van der Waals surface area contributed by atoms with Crippen molar-refractivity contribution in [3.05, 3.63) is 78.4 Å². The van der Waals surface area contributed by atoms with Crippen LogP contribution in [0.2, 0.25) is 0 Å². The molecule has 0 bridgehead atoms. The molecule has 1 heterocycles. The largest absolute Gasteiger partial charge is 0.493 e. The van der Waals surface area contributed by atoms with Gasteiger partial charge < -0.3 is 14.0 Å². The number of unbranched alkanes of at least 4 members (excludes halogenated alkanes) is 1. The molecule has 0 radical (unpaired) electrons. The number of hydrogen-bond acceptors (Lipinski definition) is 3. The molecule has 4 aromatic rings. The maximum atomic E-state index is 5.92. The van der Waals surface area contributed by atoms with Gasteiger partial charge in [-0.2, -0.15) is 0 Å². The lowest BCUT2D eigenvalue weighted by Gasteiger charge is -2.12. The molecule has 0 amide bonds. The van der Waals surface area contributed by atoms with Crippen LogP contribution in [0.3, 0.4) is 0 Å². The Hall–Kier alpha value is -3.27. The molecule has 0 N–H and O–H groups in total. The summed E-state index contributed by atoms with van der Waals surface area (Å²) in [5.74, 6) is 2.60. The highest BCUT2D eigenvalue weighted by Gasteiger charge is 2.12. The first kappa shape index (κ1) is 19.1. The van der Waals surface area contributed by atoms with Gasteiger partial charge in [-0.15, -0.1) is 0 Å². The summed E-state index contributed by atoms with van der Waals surface area (Å²) in [5, 5.41) is 0. The molecule has 0 aliphatic rings. The molecule has 0 atom stereocenters. The maximum absolute atomic E-state index is 5.92. The van der Waals surface area contributed by atoms with E-state index in [1.165, 1.54) is 11.1 Å². The second kappa shape index (κ2) is 8.82. The summed E-state index contributed by atoms with van der Waals surface area (Å²) in [6, 6.07) is 24.7. The lowest BCUT2D eigenvalue weighted by molar-refractivity contribution is 0.284. The Morgan fingerprint density at radius 1 is 0.862 bits per heavy atom. The predicted octanol–water partition coefficient (Wildman–Crippen LogP) is 5.88. The van der Waals surface area contributed by atoms with Gasteiger partial charge in [0.2, 0.25) is 0 Å². The first-order valence-electron chi connectivity index (χ1n) is 10.0. The SMILES string of the molecule is COc1ccccc1OCCCCn1c(-c2cccc(C)c2)nc2ccccc21. The zero-order valence-electron chi connectivity index (χ0n) is 17.0. The lowest BCUT2D eigenvalue weighted by atomic mass is 10.1. The second-order valence-electron chi connectivity index (χ2n) is 7.15. The number of para-hydroxylation sites is 4. The number of hydrogen-bond donors (Lipinski definition) is 0. The molecule has 3 aromatic carbocycles. The molecule has 4 nitrogen and oxygen atoms in total. The summed E-state index contributed by atoms with van der Waals surface area (Å²) in [6.07, 6.45) is 1.96. The van der Waals surface area contributed by atoms with Crippen LogP contribution in [0.15, 0.2) is 72.8 Å². The average molecular weight is 386 g/mol. The van der Waals surface area contributed by atoms with Crippen LogP contribution in [0, 0.1) is 6.92 Å². The van der Waals surface area contributed by atoms with Gasteiger partial charge in [0.25, 0.3) is 0 Å². The molecule has 0 saturated heterocycles. The van der Waals surface area contributed by atoms with Gasteiger partial charge in [-0.05, 0) is 50.1 Å². The summed E-state index contributed by atoms with van der Waals surface area (Å²) < 4.78 is 13.6. The molecule has 0 aliphatic heterocycles. The number of methoxy groups -OCH3 is 1. The van der Waals surface area contributed by atoms with Gasteiger partial charge in [-0.3, -0.25) is 0 Å². The van der Waals surface area contributed by atoms with Gasteiger partial charge in [0, 0.05) is 12.1 Å². The Bertz CT molecular complexity index is 1100. The van der Waals surface area contributed by atoms with E-state index >= 15 is 0 Å². The van der Waals surface area contributed by atoms with Crippen LogP contribution in [-0.2, 0) is 6.54 Å². The fourth-order valence-corrected chi connectivity index (χ4v) is 3.60. The molecule has 4 heteroatoms. The average Bonchev–Trinajstić information content (AvgIpc) is 3.12. The van der Waals surface area contributed by atoms with Gasteiger partial charge >= 0.3 is 0 Å². The Kier molecular flexibility index (Phi) is 5.80. The van der Waals surface area contributed by atoms with Crippen molar-refractivity contribution in [1.82, 2.24) is 9.55 Å². The number of fused-ring (bicyclic) bond motifs is 1. The fourth-order valence-electron chi connectivity index (χ4n) is 3.60. The summed E-state index contributed by atoms with van der Waals surface area (Å²) in [4.78, 5) is 4.91. The highest BCUT2D eigenvalue weighted by Crippen LogP contribution is 2.27. The number of nitrogens with zero attached hydrogens (tertiary/aromatic N) is 2. The van der Waals surface area contributed by atoms with Crippen LogP contribution in [0.5, 0.6) is 11.5 Å². The fraction of sp³-hybridized carbons (Fsp3) is 0.240. The van der Waals surface area contributed by atoms with Crippen LogP contribution >= 0.6 is 0 Å². The summed E-state index contributed by atoms with van der Waals surface area (Å²) in [6.45, 7) is 3.68. The maximum Gasteiger partial charge on any atom is 0.161 e. The van der Waals surface area contributed by atoms with Crippen molar-refractivity contribution < 1.29 is 9.47 Å². The van der Waals surface area contributed by atoms with E-state index in [0.29, 0.717) is 6.61 Å². The Labute approximate surface area is 171 Å². The number of aryl methyl sites for hydroxylation is 2. The van der Waals surface area contributed by atoms with E-state index in [4.69, 9.17) is 14.5 Å². The molecular formula is C25H26N2O2. The van der Waals surface area contributed by atoms with Gasteiger partial charge in [0.05, 0.1) is 24.8 Å². The molecule has 29 heavy (non-hydrogen) atoms. The van der Waals surface area contributed by atoms with Crippen molar-refractivity contribution in [2.75, 3.05) is 13.7 Å². The van der Waals surface area contributed by atoms with Gasteiger partial charge in [-0.25, -0.2) is 4.98 Å². The Morgan fingerprint density at radius 2 is 1.66 bits per heavy atom. The van der Waals surface area contributed by atoms with Crippen LogP contribution in [0.4, 0.5) is 0 Å². The topological polar surface area (TPSA) is 36.3 Å². The van der Waals surface area contributed by atoms with Crippen molar-refractivity contribution in [3.63, 3.8) is 0 Å². The van der Waals surface area contributed by atoms with E-state index in [-0.39, 0.29) is 0 Å². The predicted molar refractivity (Wildman–Crippen MR) is 118 cm³/mol. The summed E-state index contributed by atoms with van der Waals surface area (Å²) >= 11 is 0. The molecule has 0 fully saturated rings. The third kappa shape index (κ3) is 4.27. The van der Waals surface area contributed by atoms with E-state index in [1.807, 2.05) is 30.3 Å². The van der Waals surface area contributed by atoms with Crippen molar-refractivity contribution in [3.8, 4) is 22.9 Å². The molecular weight excluding hydrogens is 360 g/mol. The van der Waals surface area contributed by atoms with Crippen molar-refractivity contribution in [1.29, 1.82) is 0 Å². The number of aromatic nitrogens is 2. The van der Waals surface area contributed by atoms with E-state index in [0.717, 1.165) is 47.8 Å². The van der Waals surface area contributed by atoms with Gasteiger partial charge in [-0.1, -0.05) is 48.0 Å². The molecule has 0 aliphatic carbocycles. The number of ether oxygens (including phenoxy) is 2.